The summed E-state index contributed by atoms with van der Waals surface area (Å²) in [7, 11) is 0. The summed E-state index contributed by atoms with van der Waals surface area (Å²) in [4.78, 5) is 13.8. The van der Waals surface area contributed by atoms with Gasteiger partial charge >= 0.3 is 0 Å². The predicted octanol–water partition coefficient (Wildman–Crippen LogP) is 3.72. The zero-order valence-electron chi connectivity index (χ0n) is 11.0. The Labute approximate surface area is 116 Å². The van der Waals surface area contributed by atoms with E-state index in [1.807, 2.05) is 44.2 Å². The number of carbonyl (C=O) groups excluding carboxylic acids is 1. The molecule has 3 nitrogen and oxygen atoms in total. The van der Waals surface area contributed by atoms with Crippen molar-refractivity contribution in [1.82, 2.24) is 0 Å². The van der Waals surface area contributed by atoms with Gasteiger partial charge in [-0.3, -0.25) is 4.79 Å². The fraction of sp³-hybridized carbons (Fsp3) is 0.267. The highest BCUT2D eigenvalue weighted by Crippen LogP contribution is 2.20. The minimum atomic E-state index is -0.0000806. The van der Waals surface area contributed by atoms with Gasteiger partial charge in [-0.2, -0.15) is 0 Å². The third-order valence-electron chi connectivity index (χ3n) is 2.50. The lowest BCUT2D eigenvalue weighted by molar-refractivity contribution is 0.0925. The topological polar surface area (TPSA) is 35.5 Å². The van der Waals surface area contributed by atoms with Gasteiger partial charge in [-0.15, -0.1) is 11.3 Å². The SMILES string of the molecule is CCOc1cccc(OCC(=O)c2ccc(C)s2)c1. The van der Waals surface area contributed by atoms with Gasteiger partial charge < -0.3 is 9.47 Å². The molecule has 0 spiro atoms. The molecule has 19 heavy (non-hydrogen) atoms. The van der Waals surface area contributed by atoms with E-state index in [1.165, 1.54) is 11.3 Å². The number of benzene rings is 1. The van der Waals surface area contributed by atoms with Crippen LogP contribution >= 0.6 is 11.3 Å². The Hall–Kier alpha value is -1.81. The first-order valence-corrected chi connectivity index (χ1v) is 6.96. The van der Waals surface area contributed by atoms with Gasteiger partial charge in [0.05, 0.1) is 11.5 Å². The highest BCUT2D eigenvalue weighted by atomic mass is 32.1. The molecule has 0 radical (unpaired) electrons. The Morgan fingerprint density at radius 1 is 1.16 bits per heavy atom. The van der Waals surface area contributed by atoms with Crippen LogP contribution in [0.25, 0.3) is 0 Å². The molecule has 1 aromatic heterocycles. The van der Waals surface area contributed by atoms with E-state index in [0.29, 0.717) is 12.4 Å². The molecule has 0 fully saturated rings. The Bertz CT molecular complexity index is 560. The summed E-state index contributed by atoms with van der Waals surface area (Å²) in [5.74, 6) is 1.40. The number of hydrogen-bond acceptors (Lipinski definition) is 4. The third-order valence-corrected chi connectivity index (χ3v) is 3.54. The first-order chi connectivity index (χ1) is 9.19. The Morgan fingerprint density at radius 3 is 2.53 bits per heavy atom. The van der Waals surface area contributed by atoms with Crippen LogP contribution in [0.4, 0.5) is 0 Å². The summed E-state index contributed by atoms with van der Waals surface area (Å²) in [6.45, 7) is 4.57. The van der Waals surface area contributed by atoms with E-state index in [0.717, 1.165) is 15.5 Å². The molecule has 0 aliphatic heterocycles. The van der Waals surface area contributed by atoms with Crippen LogP contribution in [-0.4, -0.2) is 19.0 Å². The van der Waals surface area contributed by atoms with Gasteiger partial charge in [0.2, 0.25) is 5.78 Å². The van der Waals surface area contributed by atoms with Crippen molar-refractivity contribution in [2.24, 2.45) is 0 Å². The number of hydrogen-bond donors (Lipinski definition) is 0. The second-order valence-electron chi connectivity index (χ2n) is 4.03. The van der Waals surface area contributed by atoms with E-state index >= 15 is 0 Å². The van der Waals surface area contributed by atoms with E-state index in [1.54, 1.807) is 6.07 Å². The van der Waals surface area contributed by atoms with E-state index in [-0.39, 0.29) is 12.4 Å². The first-order valence-electron chi connectivity index (χ1n) is 6.14. The molecule has 0 aliphatic rings. The Balaban J connectivity index is 1.95. The first kappa shape index (κ1) is 13.6. The van der Waals surface area contributed by atoms with Gasteiger partial charge in [-0.25, -0.2) is 0 Å². The van der Waals surface area contributed by atoms with Crippen LogP contribution < -0.4 is 9.47 Å². The summed E-state index contributed by atoms with van der Waals surface area (Å²) in [6.07, 6.45) is 0. The number of Topliss-reactive ketones (excluding diaryl/α,β-unsaturated/α-hetero) is 1. The van der Waals surface area contributed by atoms with Crippen LogP contribution in [-0.2, 0) is 0 Å². The number of ether oxygens (including phenoxy) is 2. The second-order valence-corrected chi connectivity index (χ2v) is 5.32. The average Bonchev–Trinajstić information content (AvgIpc) is 2.84. The third kappa shape index (κ3) is 3.83. The van der Waals surface area contributed by atoms with Crippen LogP contribution in [0.5, 0.6) is 11.5 Å². The molecule has 0 atom stereocenters. The maximum atomic E-state index is 11.9. The molecule has 0 saturated heterocycles. The van der Waals surface area contributed by atoms with Gasteiger partial charge in [-0.1, -0.05) is 6.07 Å². The molecule has 2 aromatic rings. The van der Waals surface area contributed by atoms with E-state index in [9.17, 15) is 4.79 Å². The van der Waals surface area contributed by atoms with Crippen LogP contribution in [0, 0.1) is 6.92 Å². The van der Waals surface area contributed by atoms with Crippen LogP contribution in [0.3, 0.4) is 0 Å². The van der Waals surface area contributed by atoms with Crippen molar-refractivity contribution >= 4 is 17.1 Å². The molecule has 0 amide bonds. The highest BCUT2D eigenvalue weighted by Gasteiger charge is 2.09. The summed E-state index contributed by atoms with van der Waals surface area (Å²) in [5.41, 5.74) is 0. The average molecular weight is 276 g/mol. The molecule has 4 heteroatoms. The summed E-state index contributed by atoms with van der Waals surface area (Å²) >= 11 is 1.49. The molecule has 0 N–H and O–H groups in total. The molecule has 0 aliphatic carbocycles. The van der Waals surface area contributed by atoms with Crippen LogP contribution in [0.1, 0.15) is 21.5 Å². The van der Waals surface area contributed by atoms with Gasteiger partial charge in [0.15, 0.2) is 6.61 Å². The maximum absolute atomic E-state index is 11.9. The van der Waals surface area contributed by atoms with Crippen molar-refractivity contribution in [3.63, 3.8) is 0 Å². The van der Waals surface area contributed by atoms with Crippen molar-refractivity contribution in [3.8, 4) is 11.5 Å². The monoisotopic (exact) mass is 276 g/mol. The fourth-order valence-electron chi connectivity index (χ4n) is 1.62. The molecular formula is C15H16O3S. The molecule has 0 unspecified atom stereocenters. The molecule has 0 saturated carbocycles. The van der Waals surface area contributed by atoms with Crippen molar-refractivity contribution in [3.05, 3.63) is 46.2 Å². The predicted molar refractivity (Wildman–Crippen MR) is 76.5 cm³/mol. The zero-order valence-corrected chi connectivity index (χ0v) is 11.8. The van der Waals surface area contributed by atoms with Crippen molar-refractivity contribution in [2.45, 2.75) is 13.8 Å². The van der Waals surface area contributed by atoms with E-state index in [2.05, 4.69) is 0 Å². The lowest BCUT2D eigenvalue weighted by atomic mass is 10.3. The van der Waals surface area contributed by atoms with Crippen LogP contribution in [0.2, 0.25) is 0 Å². The van der Waals surface area contributed by atoms with E-state index < -0.39 is 0 Å². The summed E-state index contributed by atoms with van der Waals surface area (Å²) in [5, 5.41) is 0. The minimum absolute atomic E-state index is 0.0000806. The zero-order chi connectivity index (χ0) is 13.7. The van der Waals surface area contributed by atoms with Crippen molar-refractivity contribution < 1.29 is 14.3 Å². The van der Waals surface area contributed by atoms with Gasteiger partial charge in [0.25, 0.3) is 0 Å². The van der Waals surface area contributed by atoms with Crippen molar-refractivity contribution in [2.75, 3.05) is 13.2 Å². The molecule has 1 heterocycles. The normalized spacial score (nSPS) is 10.2. The fourth-order valence-corrected chi connectivity index (χ4v) is 2.42. The summed E-state index contributed by atoms with van der Waals surface area (Å²) < 4.78 is 10.9. The number of carbonyl (C=O) groups is 1. The Morgan fingerprint density at radius 2 is 1.89 bits per heavy atom. The molecule has 100 valence electrons. The lowest BCUT2D eigenvalue weighted by Gasteiger charge is -2.07. The van der Waals surface area contributed by atoms with Gasteiger partial charge in [-0.05, 0) is 38.1 Å². The molecule has 0 bridgehead atoms. The minimum Gasteiger partial charge on any atom is -0.494 e. The van der Waals surface area contributed by atoms with Gasteiger partial charge in [0.1, 0.15) is 11.5 Å². The van der Waals surface area contributed by atoms with Crippen molar-refractivity contribution in [1.29, 1.82) is 0 Å². The number of aryl methyl sites for hydroxylation is 1. The maximum Gasteiger partial charge on any atom is 0.210 e. The smallest absolute Gasteiger partial charge is 0.210 e. The number of rotatable bonds is 6. The lowest BCUT2D eigenvalue weighted by Crippen LogP contribution is -2.10. The Kier molecular flexibility index (Phi) is 4.58. The molecule has 2 rings (SSSR count). The highest BCUT2D eigenvalue weighted by molar-refractivity contribution is 7.14. The van der Waals surface area contributed by atoms with Gasteiger partial charge in [0, 0.05) is 10.9 Å². The van der Waals surface area contributed by atoms with E-state index in [4.69, 9.17) is 9.47 Å². The summed E-state index contributed by atoms with van der Waals surface area (Å²) in [6, 6.07) is 11.1. The number of thiophene rings is 1. The quantitative estimate of drug-likeness (QED) is 0.754. The van der Waals surface area contributed by atoms with Crippen LogP contribution in [0.15, 0.2) is 36.4 Å². The molecular weight excluding hydrogens is 260 g/mol. The largest absolute Gasteiger partial charge is 0.494 e. The molecule has 1 aromatic carbocycles. The second kappa shape index (κ2) is 6.38. The standard InChI is InChI=1S/C15H16O3S/c1-3-17-12-5-4-6-13(9-12)18-10-14(16)15-8-7-11(2)19-15/h4-9H,3,10H2,1-2H3. The number of ketones is 1.